The van der Waals surface area contributed by atoms with Crippen molar-refractivity contribution in [3.05, 3.63) is 20.3 Å². The zero-order valence-corrected chi connectivity index (χ0v) is 12.9. The zero-order chi connectivity index (χ0) is 14.2. The van der Waals surface area contributed by atoms with Gasteiger partial charge in [-0.25, -0.2) is 16.8 Å². The van der Waals surface area contributed by atoms with Crippen LogP contribution in [0.3, 0.4) is 0 Å². The summed E-state index contributed by atoms with van der Waals surface area (Å²) in [6.07, 6.45) is 0. The quantitative estimate of drug-likeness (QED) is 0.232. The second-order valence-corrected chi connectivity index (χ2v) is 5.77. The monoisotopic (exact) mass is 362 g/mol. The topological polar surface area (TPSA) is 133 Å². The van der Waals surface area contributed by atoms with E-state index in [2.05, 4.69) is 22.6 Å². The number of hydrogen-bond acceptors (Lipinski definition) is 6. The van der Waals surface area contributed by atoms with Gasteiger partial charge in [0.1, 0.15) is 0 Å². The third kappa shape index (κ3) is 2.33. The second-order valence-electron chi connectivity index (χ2n) is 4.16. The average molecular weight is 362 g/mol. The van der Waals surface area contributed by atoms with Gasteiger partial charge in [-0.2, -0.15) is 0 Å². The Morgan fingerprint density at radius 1 is 1.06 bits per heavy atom. The maximum Gasteiger partial charge on any atom is 0.0860 e. The number of nitrogen functional groups attached to an aromatic ring is 2. The van der Waals surface area contributed by atoms with E-state index < -0.39 is 0 Å². The van der Waals surface area contributed by atoms with Crippen LogP contribution in [-0.2, 0) is 0 Å². The van der Waals surface area contributed by atoms with Crippen LogP contribution in [0.1, 0.15) is 23.6 Å². The number of nitrogens with zero attached hydrogens (tertiary/aromatic N) is 1. The molecule has 0 amide bonds. The van der Waals surface area contributed by atoms with E-state index in [1.807, 2.05) is 20.8 Å². The van der Waals surface area contributed by atoms with E-state index in [0.717, 1.165) is 19.8 Å². The molecule has 6 nitrogen and oxygen atoms in total. The normalized spacial score (nSPS) is 12.3. The highest BCUT2D eigenvalue weighted by Gasteiger charge is 2.21. The summed E-state index contributed by atoms with van der Waals surface area (Å²) in [7, 11) is 0. The molecule has 0 saturated carbocycles. The molecule has 1 rings (SSSR count). The molecule has 100 valence electrons. The Balaban J connectivity index is 3.85. The van der Waals surface area contributed by atoms with Crippen molar-refractivity contribution in [3.8, 4) is 0 Å². The Morgan fingerprint density at radius 3 is 1.94 bits per heavy atom. The Morgan fingerprint density at radius 2 is 1.56 bits per heavy atom. The summed E-state index contributed by atoms with van der Waals surface area (Å²) < 4.78 is 0.908. The molecule has 0 atom stereocenters. The number of hydrazine groups is 2. The summed E-state index contributed by atoms with van der Waals surface area (Å²) in [4.78, 5) is 0. The minimum atomic E-state index is 0.502. The molecular formula is C11H19IN6. The molecule has 0 spiro atoms. The molecule has 0 aromatic heterocycles. The van der Waals surface area contributed by atoms with Gasteiger partial charge in [0.15, 0.2) is 0 Å². The number of benzene rings is 1. The van der Waals surface area contributed by atoms with Crippen molar-refractivity contribution >= 4 is 45.4 Å². The lowest BCUT2D eigenvalue weighted by molar-refractivity contribution is 0.915. The summed E-state index contributed by atoms with van der Waals surface area (Å²) in [6.45, 7) is 5.57. The third-order valence-electron chi connectivity index (χ3n) is 2.97. The molecule has 1 aromatic rings. The summed E-state index contributed by atoms with van der Waals surface area (Å²) in [5.41, 5.74) is 22.5. The Labute approximate surface area is 120 Å². The van der Waals surface area contributed by atoms with Gasteiger partial charge < -0.3 is 17.2 Å². The molecule has 0 aliphatic heterocycles. The van der Waals surface area contributed by atoms with E-state index in [1.54, 1.807) is 0 Å². The Hall–Kier alpha value is -1.19. The Kier molecular flexibility index (Phi) is 4.30. The fraction of sp³-hybridized carbons (Fsp3) is 0.273. The average Bonchev–Trinajstić information content (AvgIpc) is 2.29. The van der Waals surface area contributed by atoms with Crippen molar-refractivity contribution in [3.63, 3.8) is 0 Å². The zero-order valence-electron chi connectivity index (χ0n) is 10.7. The van der Waals surface area contributed by atoms with Gasteiger partial charge in [-0.1, -0.05) is 0 Å². The molecule has 1 aromatic carbocycles. The van der Waals surface area contributed by atoms with Crippen LogP contribution in [0.15, 0.2) is 3.58 Å². The smallest absolute Gasteiger partial charge is 0.0860 e. The summed E-state index contributed by atoms with van der Waals surface area (Å²) >= 11 is 2.13. The van der Waals surface area contributed by atoms with Gasteiger partial charge in [-0.3, -0.25) is 0 Å². The minimum Gasteiger partial charge on any atom is -0.398 e. The first-order valence-electron chi connectivity index (χ1n) is 5.30. The van der Waals surface area contributed by atoms with E-state index in [9.17, 15) is 0 Å². The van der Waals surface area contributed by atoms with Crippen LogP contribution in [0.4, 0.5) is 17.1 Å². The van der Waals surface area contributed by atoms with Gasteiger partial charge >= 0.3 is 0 Å². The number of anilines is 3. The Bertz CT molecular complexity index is 517. The van der Waals surface area contributed by atoms with Crippen LogP contribution in [0.5, 0.6) is 0 Å². The molecule has 0 heterocycles. The molecule has 0 radical (unpaired) electrons. The van der Waals surface area contributed by atoms with Crippen molar-refractivity contribution in [2.45, 2.75) is 20.8 Å². The van der Waals surface area contributed by atoms with Gasteiger partial charge in [0.05, 0.1) is 11.4 Å². The lowest BCUT2D eigenvalue weighted by Crippen LogP contribution is -2.39. The van der Waals surface area contributed by atoms with Crippen LogP contribution < -0.4 is 34.0 Å². The molecule has 18 heavy (non-hydrogen) atoms. The van der Waals surface area contributed by atoms with Crippen LogP contribution in [-0.4, -0.2) is 0 Å². The lowest BCUT2D eigenvalue weighted by atomic mass is 9.96. The molecule has 7 heteroatoms. The maximum absolute atomic E-state index is 6.09. The van der Waals surface area contributed by atoms with Crippen LogP contribution in [0.2, 0.25) is 0 Å². The highest BCUT2D eigenvalue weighted by Crippen LogP contribution is 2.39. The van der Waals surface area contributed by atoms with E-state index in [-0.39, 0.29) is 0 Å². The fourth-order valence-electron chi connectivity index (χ4n) is 1.82. The number of allylic oxidation sites excluding steroid dienone is 1. The molecule has 0 saturated heterocycles. The molecular weight excluding hydrogens is 343 g/mol. The lowest BCUT2D eigenvalue weighted by Gasteiger charge is -2.24. The van der Waals surface area contributed by atoms with Crippen molar-refractivity contribution in [2.24, 2.45) is 17.4 Å². The predicted octanol–water partition coefficient (Wildman–Crippen LogP) is 1.10. The number of hydrogen-bond donors (Lipinski definition) is 5. The maximum atomic E-state index is 6.09. The van der Waals surface area contributed by atoms with E-state index in [1.165, 1.54) is 0 Å². The first-order chi connectivity index (χ1) is 8.20. The standard InChI is InChI=1S/C11H19IN6/c1-4-8(13)5(2)11(18(16)17)7(9(4)14)10(15)6(3)12/h13-17H2,1-3H3/b10-6+. The van der Waals surface area contributed by atoms with Crippen molar-refractivity contribution in [1.29, 1.82) is 0 Å². The van der Waals surface area contributed by atoms with Crippen LogP contribution in [0, 0.1) is 13.8 Å². The second kappa shape index (κ2) is 5.21. The molecule has 0 aliphatic carbocycles. The number of nitrogens with two attached hydrogens (primary N) is 5. The van der Waals surface area contributed by atoms with Crippen molar-refractivity contribution in [1.82, 2.24) is 0 Å². The first kappa shape index (κ1) is 14.9. The highest BCUT2D eigenvalue weighted by molar-refractivity contribution is 14.1. The fourth-order valence-corrected chi connectivity index (χ4v) is 2.09. The summed E-state index contributed by atoms with van der Waals surface area (Å²) in [6, 6.07) is 0. The summed E-state index contributed by atoms with van der Waals surface area (Å²) in [5.74, 6) is 11.3. The van der Waals surface area contributed by atoms with E-state index in [4.69, 9.17) is 28.9 Å². The van der Waals surface area contributed by atoms with E-state index >= 15 is 0 Å². The van der Waals surface area contributed by atoms with Gasteiger partial charge in [-0.05, 0) is 54.5 Å². The SMILES string of the molecule is C/C(I)=C(\N)c1c(N)c(C)c(N)c(C)c1N(N)N. The van der Waals surface area contributed by atoms with E-state index in [0.29, 0.717) is 28.3 Å². The van der Waals surface area contributed by atoms with Gasteiger partial charge in [0.2, 0.25) is 0 Å². The summed E-state index contributed by atoms with van der Waals surface area (Å²) in [5, 5.41) is 1.00. The number of rotatable bonds is 2. The van der Waals surface area contributed by atoms with Crippen molar-refractivity contribution < 1.29 is 0 Å². The third-order valence-corrected chi connectivity index (χ3v) is 3.55. The predicted molar refractivity (Wildman–Crippen MR) is 86.4 cm³/mol. The van der Waals surface area contributed by atoms with Gasteiger partial charge in [0, 0.05) is 20.5 Å². The highest BCUT2D eigenvalue weighted by atomic mass is 127. The molecule has 0 bridgehead atoms. The number of halogens is 1. The van der Waals surface area contributed by atoms with Gasteiger partial charge in [0.25, 0.3) is 0 Å². The van der Waals surface area contributed by atoms with Crippen LogP contribution in [0.25, 0.3) is 5.70 Å². The first-order valence-corrected chi connectivity index (χ1v) is 6.37. The van der Waals surface area contributed by atoms with Gasteiger partial charge in [-0.15, -0.1) is 0 Å². The molecule has 0 unspecified atom stereocenters. The molecule has 10 N–H and O–H groups in total. The molecule has 0 aliphatic rings. The van der Waals surface area contributed by atoms with Crippen LogP contribution >= 0.6 is 22.6 Å². The largest absolute Gasteiger partial charge is 0.398 e. The molecule has 0 fully saturated rings. The minimum absolute atomic E-state index is 0.502. The van der Waals surface area contributed by atoms with Crippen molar-refractivity contribution in [2.75, 3.05) is 16.6 Å².